The number of hydrogen-bond donors (Lipinski definition) is 2. The fourth-order valence-corrected chi connectivity index (χ4v) is 1.23. The van der Waals surface area contributed by atoms with Crippen molar-refractivity contribution in [3.8, 4) is 0 Å². The molecule has 16 heavy (non-hydrogen) atoms. The van der Waals surface area contributed by atoms with E-state index in [1.165, 1.54) is 0 Å². The number of anilines is 1. The van der Waals surface area contributed by atoms with Crippen LogP contribution in [0.5, 0.6) is 0 Å². The maximum absolute atomic E-state index is 11.5. The molecule has 0 saturated carbocycles. The molecule has 3 heteroatoms. The molecule has 0 aliphatic heterocycles. The molecule has 3 nitrogen and oxygen atoms in total. The first-order valence-corrected chi connectivity index (χ1v) is 5.78. The number of carbonyl (C=O) groups excluding carboxylic acids is 1. The van der Waals surface area contributed by atoms with Gasteiger partial charge in [-0.3, -0.25) is 4.79 Å². The van der Waals surface area contributed by atoms with Crippen LogP contribution in [-0.4, -0.2) is 19.0 Å². The van der Waals surface area contributed by atoms with Gasteiger partial charge >= 0.3 is 0 Å². The molecule has 0 radical (unpaired) electrons. The SMILES string of the molecule is CCC(C)CNC(=O)CNc1ccccc1. The first-order valence-electron chi connectivity index (χ1n) is 5.78. The summed E-state index contributed by atoms with van der Waals surface area (Å²) in [6.45, 7) is 5.34. The number of benzene rings is 1. The van der Waals surface area contributed by atoms with Gasteiger partial charge in [0.1, 0.15) is 0 Å². The third kappa shape index (κ3) is 4.82. The average Bonchev–Trinajstić information content (AvgIpc) is 2.34. The Hall–Kier alpha value is -1.51. The van der Waals surface area contributed by atoms with Crippen molar-refractivity contribution in [2.24, 2.45) is 5.92 Å². The van der Waals surface area contributed by atoms with Gasteiger partial charge in [0.15, 0.2) is 0 Å². The van der Waals surface area contributed by atoms with Crippen LogP contribution in [-0.2, 0) is 4.79 Å². The van der Waals surface area contributed by atoms with E-state index in [9.17, 15) is 4.79 Å². The number of carbonyl (C=O) groups is 1. The molecule has 0 heterocycles. The number of hydrogen-bond acceptors (Lipinski definition) is 2. The number of rotatable bonds is 6. The second-order valence-electron chi connectivity index (χ2n) is 4.04. The fourth-order valence-electron chi connectivity index (χ4n) is 1.23. The topological polar surface area (TPSA) is 41.1 Å². The predicted octanol–water partition coefficient (Wildman–Crippen LogP) is 2.26. The molecule has 0 fully saturated rings. The van der Waals surface area contributed by atoms with Crippen molar-refractivity contribution in [1.82, 2.24) is 5.32 Å². The lowest BCUT2D eigenvalue weighted by molar-refractivity contribution is -0.119. The normalized spacial score (nSPS) is 11.9. The Kier molecular flexibility index (Phi) is 5.40. The maximum Gasteiger partial charge on any atom is 0.239 e. The van der Waals surface area contributed by atoms with Crippen LogP contribution in [0.15, 0.2) is 30.3 Å². The number of para-hydroxylation sites is 1. The summed E-state index contributed by atoms with van der Waals surface area (Å²) in [5, 5.41) is 5.98. The van der Waals surface area contributed by atoms with Crippen molar-refractivity contribution in [1.29, 1.82) is 0 Å². The van der Waals surface area contributed by atoms with Gasteiger partial charge in [-0.05, 0) is 18.1 Å². The van der Waals surface area contributed by atoms with Crippen LogP contribution < -0.4 is 10.6 Å². The molecule has 1 rings (SSSR count). The smallest absolute Gasteiger partial charge is 0.239 e. The fraction of sp³-hybridized carbons (Fsp3) is 0.462. The maximum atomic E-state index is 11.5. The highest BCUT2D eigenvalue weighted by molar-refractivity contribution is 5.80. The number of nitrogens with one attached hydrogen (secondary N) is 2. The lowest BCUT2D eigenvalue weighted by Crippen LogP contribution is -2.32. The zero-order valence-corrected chi connectivity index (χ0v) is 9.99. The van der Waals surface area contributed by atoms with Gasteiger partial charge in [0, 0.05) is 12.2 Å². The highest BCUT2D eigenvalue weighted by Crippen LogP contribution is 2.03. The zero-order valence-electron chi connectivity index (χ0n) is 9.99. The van der Waals surface area contributed by atoms with Crippen molar-refractivity contribution in [3.63, 3.8) is 0 Å². The summed E-state index contributed by atoms with van der Waals surface area (Å²) in [4.78, 5) is 11.5. The van der Waals surface area contributed by atoms with Crippen molar-refractivity contribution < 1.29 is 4.79 Å². The molecule has 1 unspecified atom stereocenters. The van der Waals surface area contributed by atoms with Gasteiger partial charge in [0.05, 0.1) is 6.54 Å². The van der Waals surface area contributed by atoms with E-state index < -0.39 is 0 Å². The molecule has 0 aliphatic rings. The van der Waals surface area contributed by atoms with Crippen molar-refractivity contribution in [3.05, 3.63) is 30.3 Å². The number of amides is 1. The van der Waals surface area contributed by atoms with Crippen LogP contribution in [0, 0.1) is 5.92 Å². The summed E-state index contributed by atoms with van der Waals surface area (Å²) in [6.07, 6.45) is 1.09. The Morgan fingerprint density at radius 2 is 2.00 bits per heavy atom. The minimum atomic E-state index is 0.0455. The summed E-state index contributed by atoms with van der Waals surface area (Å²) >= 11 is 0. The molecule has 1 amide bonds. The first kappa shape index (κ1) is 12.6. The van der Waals surface area contributed by atoms with Gasteiger partial charge in [-0.15, -0.1) is 0 Å². The highest BCUT2D eigenvalue weighted by atomic mass is 16.1. The summed E-state index contributed by atoms with van der Waals surface area (Å²) in [5.74, 6) is 0.588. The quantitative estimate of drug-likeness (QED) is 0.772. The summed E-state index contributed by atoms with van der Waals surface area (Å²) in [6, 6.07) is 9.73. The van der Waals surface area contributed by atoms with Gasteiger partial charge in [-0.2, -0.15) is 0 Å². The van der Waals surface area contributed by atoms with E-state index in [2.05, 4.69) is 24.5 Å². The Morgan fingerprint density at radius 1 is 1.31 bits per heavy atom. The molecule has 1 aromatic carbocycles. The Bertz CT molecular complexity index is 311. The molecule has 0 saturated heterocycles. The standard InChI is InChI=1S/C13H20N2O/c1-3-11(2)9-15-13(16)10-14-12-7-5-4-6-8-12/h4-8,11,14H,3,9-10H2,1-2H3,(H,15,16). The second kappa shape index (κ2) is 6.88. The molecular formula is C13H20N2O. The molecule has 2 N–H and O–H groups in total. The lowest BCUT2D eigenvalue weighted by Gasteiger charge is -2.11. The molecule has 1 aromatic rings. The minimum absolute atomic E-state index is 0.0455. The minimum Gasteiger partial charge on any atom is -0.376 e. The van der Waals surface area contributed by atoms with Crippen molar-refractivity contribution >= 4 is 11.6 Å². The van der Waals surface area contributed by atoms with Crippen molar-refractivity contribution in [2.45, 2.75) is 20.3 Å². The molecule has 0 spiro atoms. The van der Waals surface area contributed by atoms with E-state index in [1.54, 1.807) is 0 Å². The Labute approximate surface area is 97.2 Å². The first-order chi connectivity index (χ1) is 7.72. The summed E-state index contributed by atoms with van der Waals surface area (Å²) in [5.41, 5.74) is 0.973. The van der Waals surface area contributed by atoms with Gasteiger partial charge < -0.3 is 10.6 Å². The summed E-state index contributed by atoms with van der Waals surface area (Å²) < 4.78 is 0. The average molecular weight is 220 g/mol. The zero-order chi connectivity index (χ0) is 11.8. The molecule has 0 aromatic heterocycles. The van der Waals surface area contributed by atoms with Crippen LogP contribution in [0.1, 0.15) is 20.3 Å². The monoisotopic (exact) mass is 220 g/mol. The van der Waals surface area contributed by atoms with Crippen LogP contribution in [0.3, 0.4) is 0 Å². The molecular weight excluding hydrogens is 200 g/mol. The van der Waals surface area contributed by atoms with Crippen LogP contribution in [0.4, 0.5) is 5.69 Å². The van der Waals surface area contributed by atoms with E-state index in [4.69, 9.17) is 0 Å². The third-order valence-corrected chi connectivity index (χ3v) is 2.57. The van der Waals surface area contributed by atoms with Gasteiger partial charge in [0.25, 0.3) is 0 Å². The van der Waals surface area contributed by atoms with E-state index in [0.29, 0.717) is 12.5 Å². The van der Waals surface area contributed by atoms with E-state index in [-0.39, 0.29) is 5.91 Å². The van der Waals surface area contributed by atoms with Gasteiger partial charge in [-0.1, -0.05) is 38.5 Å². The Balaban J connectivity index is 2.20. The van der Waals surface area contributed by atoms with E-state index >= 15 is 0 Å². The second-order valence-corrected chi connectivity index (χ2v) is 4.04. The highest BCUT2D eigenvalue weighted by Gasteiger charge is 2.03. The van der Waals surface area contributed by atoms with Crippen LogP contribution in [0.25, 0.3) is 0 Å². The van der Waals surface area contributed by atoms with Crippen LogP contribution in [0.2, 0.25) is 0 Å². The molecule has 0 bridgehead atoms. The van der Waals surface area contributed by atoms with Crippen LogP contribution >= 0.6 is 0 Å². The third-order valence-electron chi connectivity index (χ3n) is 2.57. The largest absolute Gasteiger partial charge is 0.376 e. The Morgan fingerprint density at radius 3 is 2.62 bits per heavy atom. The van der Waals surface area contributed by atoms with E-state index in [0.717, 1.165) is 18.7 Å². The molecule has 1 atom stereocenters. The van der Waals surface area contributed by atoms with Gasteiger partial charge in [0.2, 0.25) is 5.91 Å². The molecule has 88 valence electrons. The predicted molar refractivity (Wildman–Crippen MR) is 67.4 cm³/mol. The van der Waals surface area contributed by atoms with Gasteiger partial charge in [-0.25, -0.2) is 0 Å². The van der Waals surface area contributed by atoms with Crippen molar-refractivity contribution in [2.75, 3.05) is 18.4 Å². The molecule has 0 aliphatic carbocycles. The summed E-state index contributed by atoms with van der Waals surface area (Å²) in [7, 11) is 0. The van der Waals surface area contributed by atoms with E-state index in [1.807, 2.05) is 30.3 Å². The lowest BCUT2D eigenvalue weighted by atomic mass is 10.1.